The lowest BCUT2D eigenvalue weighted by atomic mass is 9.95. The van der Waals surface area contributed by atoms with Gasteiger partial charge in [0, 0.05) is 35.4 Å². The van der Waals surface area contributed by atoms with Crippen LogP contribution in [0.3, 0.4) is 0 Å². The Hall–Kier alpha value is -6.31. The van der Waals surface area contributed by atoms with E-state index in [2.05, 4.69) is 70.1 Å². The number of fused-ring (bicyclic) bond motifs is 10. The van der Waals surface area contributed by atoms with Gasteiger partial charge in [-0.1, -0.05) is 0 Å². The van der Waals surface area contributed by atoms with E-state index in [4.69, 9.17) is 55.4 Å². The largest absolute Gasteiger partial charge is 0.759 e. The van der Waals surface area contributed by atoms with Crippen molar-refractivity contribution in [2.75, 3.05) is 42.0 Å². The lowest BCUT2D eigenvalue weighted by Crippen LogP contribution is -2.40. The Morgan fingerprint density at radius 2 is 0.855 bits per heavy atom. The summed E-state index contributed by atoms with van der Waals surface area (Å²) in [6.45, 7) is 2.43. The standard InChI is InChI=1S/2C20H18NO4.H2O4S.7H2O/c2*1-22-17-4-3-12-7-16-14-9-19-18(24-11-25-19)8-13(14)5-6-21(16)10-15(12)20(17)23-2;1-5(2,3)4;;;;;;;/h2*3-4,7-10H,5-6,11H2,1-2H3;(H2,1,2,3,4);7*1H2/q2*+1;;;;;;;;/p-2. The highest BCUT2D eigenvalue weighted by Gasteiger charge is 2.30. The first-order valence-corrected chi connectivity index (χ1v) is 18.6. The Balaban J connectivity index is 0.000000508. The number of ether oxygens (including phenoxy) is 8. The number of nitrogens with zero attached hydrogens (tertiary/aromatic N) is 2. The summed E-state index contributed by atoms with van der Waals surface area (Å²) < 4.78 is 82.9. The van der Waals surface area contributed by atoms with E-state index < -0.39 is 10.4 Å². The minimum Gasteiger partial charge on any atom is -0.759 e. The van der Waals surface area contributed by atoms with E-state index in [0.717, 1.165) is 93.5 Å². The van der Waals surface area contributed by atoms with Gasteiger partial charge in [-0.05, 0) is 70.4 Å². The van der Waals surface area contributed by atoms with E-state index in [1.54, 1.807) is 28.4 Å². The van der Waals surface area contributed by atoms with Gasteiger partial charge in [0.15, 0.2) is 71.5 Å². The van der Waals surface area contributed by atoms with Gasteiger partial charge >= 0.3 is 0 Å². The van der Waals surface area contributed by atoms with Crippen LogP contribution >= 0.6 is 0 Å². The summed E-state index contributed by atoms with van der Waals surface area (Å²) in [5.41, 5.74) is 7.35. The van der Waals surface area contributed by atoms with Crippen LogP contribution in [-0.4, -0.2) is 97.9 Å². The van der Waals surface area contributed by atoms with Gasteiger partial charge in [-0.15, -0.1) is 0 Å². The maximum atomic E-state index is 8.52. The lowest BCUT2D eigenvalue weighted by Gasteiger charge is -2.17. The molecule has 0 saturated heterocycles. The van der Waals surface area contributed by atoms with Gasteiger partial charge in [-0.25, -0.2) is 0 Å². The van der Waals surface area contributed by atoms with Gasteiger partial charge in [0.05, 0.1) is 50.3 Å². The Morgan fingerprint density at radius 1 is 0.516 bits per heavy atom. The molecule has 0 unspecified atom stereocenters. The van der Waals surface area contributed by atoms with Crippen molar-refractivity contribution in [3.63, 3.8) is 0 Å². The molecule has 4 aromatic carbocycles. The fraction of sp³-hybridized carbons (Fsp3) is 0.250. The molecular weight excluding hydrogens is 845 g/mol. The number of methoxy groups -OCH3 is 4. The molecule has 62 heavy (non-hydrogen) atoms. The van der Waals surface area contributed by atoms with E-state index >= 15 is 0 Å². The summed E-state index contributed by atoms with van der Waals surface area (Å²) >= 11 is 0. The van der Waals surface area contributed by atoms with Crippen molar-refractivity contribution in [2.45, 2.75) is 25.9 Å². The number of hydrogen-bond donors (Lipinski definition) is 0. The third-order valence-corrected chi connectivity index (χ3v) is 10.0. The van der Waals surface area contributed by atoms with Gasteiger partial charge in [0.25, 0.3) is 0 Å². The van der Waals surface area contributed by atoms with E-state index in [1.807, 2.05) is 12.1 Å². The van der Waals surface area contributed by atoms with Crippen LogP contribution in [0.4, 0.5) is 0 Å². The first kappa shape index (κ1) is 53.7. The highest BCUT2D eigenvalue weighted by Crippen LogP contribution is 2.43. The third kappa shape index (κ3) is 10.1. The molecule has 4 aliphatic heterocycles. The zero-order chi connectivity index (χ0) is 38.4. The minimum absolute atomic E-state index is 0. The molecule has 0 bridgehead atoms. The molecule has 0 amide bonds. The second-order valence-electron chi connectivity index (χ2n) is 12.9. The summed E-state index contributed by atoms with van der Waals surface area (Å²) in [4.78, 5) is 0. The molecule has 10 rings (SSSR count). The molecule has 21 nitrogen and oxygen atoms in total. The molecular formula is C40H50N2O19S. The smallest absolute Gasteiger partial charge is 0.231 e. The second-order valence-corrected chi connectivity index (χ2v) is 13.8. The first-order chi connectivity index (χ1) is 26.6. The molecule has 0 spiro atoms. The van der Waals surface area contributed by atoms with Crippen LogP contribution in [0.15, 0.2) is 73.1 Å². The Labute approximate surface area is 354 Å². The van der Waals surface area contributed by atoms with E-state index in [1.165, 1.54) is 33.6 Å². The second kappa shape index (κ2) is 21.5. The van der Waals surface area contributed by atoms with Crippen LogP contribution in [0.2, 0.25) is 0 Å². The quantitative estimate of drug-likeness (QED) is 0.118. The molecule has 0 atom stereocenters. The zero-order valence-electron chi connectivity index (χ0n) is 33.9. The van der Waals surface area contributed by atoms with E-state index in [0.29, 0.717) is 13.6 Å². The normalized spacial score (nSPS) is 12.4. The van der Waals surface area contributed by atoms with Crippen molar-refractivity contribution in [3.05, 3.63) is 84.2 Å². The number of aryl methyl sites for hydroxylation is 4. The molecule has 22 heteroatoms. The average Bonchev–Trinajstić information content (AvgIpc) is 3.85. The highest BCUT2D eigenvalue weighted by atomic mass is 32.3. The average molecular weight is 895 g/mol. The van der Waals surface area contributed by atoms with Crippen LogP contribution in [0.1, 0.15) is 11.1 Å². The molecule has 0 fully saturated rings. The van der Waals surface area contributed by atoms with Crippen molar-refractivity contribution in [1.29, 1.82) is 0 Å². The molecule has 6 heterocycles. The van der Waals surface area contributed by atoms with Crippen LogP contribution in [0, 0.1) is 0 Å². The van der Waals surface area contributed by atoms with Crippen LogP contribution in [-0.2, 0) is 36.3 Å². The molecule has 14 N–H and O–H groups in total. The Morgan fingerprint density at radius 3 is 1.18 bits per heavy atom. The zero-order valence-corrected chi connectivity index (χ0v) is 34.7. The summed E-state index contributed by atoms with van der Waals surface area (Å²) in [5, 5.41) is 4.34. The number of hydrogen-bond acceptors (Lipinski definition) is 12. The number of aromatic nitrogens is 2. The van der Waals surface area contributed by atoms with Crippen molar-refractivity contribution < 1.29 is 103 Å². The van der Waals surface area contributed by atoms with Crippen LogP contribution in [0.5, 0.6) is 46.0 Å². The van der Waals surface area contributed by atoms with Crippen molar-refractivity contribution in [2.24, 2.45) is 0 Å². The molecule has 4 aliphatic rings. The summed E-state index contributed by atoms with van der Waals surface area (Å²) in [6.07, 6.45) is 6.22. The molecule has 0 saturated carbocycles. The highest BCUT2D eigenvalue weighted by molar-refractivity contribution is 7.79. The van der Waals surface area contributed by atoms with Crippen molar-refractivity contribution in [1.82, 2.24) is 0 Å². The summed E-state index contributed by atoms with van der Waals surface area (Å²) in [6, 6.07) is 20.8. The molecule has 2 aromatic heterocycles. The number of benzene rings is 4. The monoisotopic (exact) mass is 894 g/mol. The number of pyridine rings is 2. The molecule has 0 radical (unpaired) electrons. The molecule has 340 valence electrons. The van der Waals surface area contributed by atoms with Gasteiger partial charge in [-0.2, -0.15) is 9.13 Å². The number of rotatable bonds is 4. The predicted octanol–water partition coefficient (Wildman–Crippen LogP) is -0.918. The third-order valence-electron chi connectivity index (χ3n) is 10.0. The topological polar surface area (TPSA) is 382 Å². The fourth-order valence-electron chi connectivity index (χ4n) is 7.54. The van der Waals surface area contributed by atoms with Crippen molar-refractivity contribution in [3.8, 4) is 68.5 Å². The Kier molecular flexibility index (Phi) is 18.6. The minimum atomic E-state index is -5.17. The summed E-state index contributed by atoms with van der Waals surface area (Å²) in [7, 11) is 1.51. The fourth-order valence-corrected chi connectivity index (χ4v) is 7.54. The lowest BCUT2D eigenvalue weighted by molar-refractivity contribution is -0.686. The van der Waals surface area contributed by atoms with Gasteiger partial charge in [-0.3, -0.25) is 8.42 Å². The Bertz CT molecular complexity index is 2450. The van der Waals surface area contributed by atoms with Gasteiger partial charge in [0.1, 0.15) is 0 Å². The molecule has 6 aromatic rings. The van der Waals surface area contributed by atoms with E-state index in [-0.39, 0.29) is 38.3 Å². The molecule has 0 aliphatic carbocycles. The predicted molar refractivity (Wildman–Crippen MR) is 221 cm³/mol. The van der Waals surface area contributed by atoms with Gasteiger partial charge in [0.2, 0.25) is 25.0 Å². The maximum absolute atomic E-state index is 8.52. The van der Waals surface area contributed by atoms with Crippen LogP contribution in [0.25, 0.3) is 44.1 Å². The SMILES string of the molecule is COc1ccc2cc3[n+](cc2c1OC)CCc1cc2c(cc1-3)OCO2.COc1ccc2cc3[n+](cc2c1OC)CCc1cc2c(cc1-3)OCO2.O.O.O.O.O.O.O.O=S(=O)([O-])[O-]. The van der Waals surface area contributed by atoms with Gasteiger partial charge < -0.3 is 85.3 Å². The van der Waals surface area contributed by atoms with Crippen LogP contribution < -0.4 is 47.0 Å². The first-order valence-electron chi connectivity index (χ1n) is 17.3. The maximum Gasteiger partial charge on any atom is 0.231 e. The van der Waals surface area contributed by atoms with E-state index in [9.17, 15) is 0 Å². The summed E-state index contributed by atoms with van der Waals surface area (Å²) in [5.74, 6) is 6.36. The van der Waals surface area contributed by atoms with Crippen molar-refractivity contribution >= 4 is 31.9 Å².